The summed E-state index contributed by atoms with van der Waals surface area (Å²) >= 11 is 0. The lowest BCUT2D eigenvalue weighted by Gasteiger charge is -2.41. The van der Waals surface area contributed by atoms with E-state index in [-0.39, 0.29) is 19.8 Å². The maximum Gasteiger partial charge on any atom is 0.509 e. The van der Waals surface area contributed by atoms with Crippen LogP contribution in [0.25, 0.3) is 0 Å². The van der Waals surface area contributed by atoms with Crippen molar-refractivity contribution < 1.29 is 57.4 Å². The molecule has 0 radical (unpaired) electrons. The van der Waals surface area contributed by atoms with E-state index < -0.39 is 55.8 Å². The van der Waals surface area contributed by atoms with Gasteiger partial charge in [0.15, 0.2) is 18.5 Å². The normalized spacial score (nSPS) is 21.2. The van der Waals surface area contributed by atoms with Crippen LogP contribution in [-0.4, -0.2) is 68.0 Å². The highest BCUT2D eigenvalue weighted by Gasteiger charge is 2.51. The number of rotatable bonds is 11. The minimum atomic E-state index is -1.65. The Bertz CT molecular complexity index is 1290. The highest BCUT2D eigenvalue weighted by molar-refractivity contribution is 5.62. The third-order valence-electron chi connectivity index (χ3n) is 6.28. The lowest BCUT2D eigenvalue weighted by molar-refractivity contribution is -0.297. The van der Waals surface area contributed by atoms with Gasteiger partial charge in [0.1, 0.15) is 38.6 Å². The van der Waals surface area contributed by atoms with E-state index in [2.05, 4.69) is 0 Å². The van der Waals surface area contributed by atoms with Gasteiger partial charge in [-0.15, -0.1) is 0 Å². The first-order valence-corrected chi connectivity index (χ1v) is 13.4. The largest absolute Gasteiger partial charge is 0.509 e. The molecule has 1 fully saturated rings. The van der Waals surface area contributed by atoms with Crippen LogP contribution in [0.5, 0.6) is 0 Å². The molecule has 0 bridgehead atoms. The van der Waals surface area contributed by atoms with E-state index in [1.807, 2.05) is 18.2 Å². The molecule has 12 heteroatoms. The first-order valence-electron chi connectivity index (χ1n) is 13.4. The van der Waals surface area contributed by atoms with Crippen LogP contribution in [0.2, 0.25) is 0 Å². The van der Waals surface area contributed by atoms with Crippen LogP contribution in [0.15, 0.2) is 91.0 Å². The molecular formula is C31H32O12. The minimum Gasteiger partial charge on any atom is -0.431 e. The number of benzene rings is 3. The Labute approximate surface area is 247 Å². The molecule has 3 aromatic rings. The Morgan fingerprint density at radius 1 is 0.628 bits per heavy atom. The molecule has 12 nitrogen and oxygen atoms in total. The Balaban J connectivity index is 1.40. The van der Waals surface area contributed by atoms with Gasteiger partial charge in [0, 0.05) is 7.11 Å². The van der Waals surface area contributed by atoms with E-state index >= 15 is 0 Å². The van der Waals surface area contributed by atoms with Crippen molar-refractivity contribution >= 4 is 18.5 Å². The molecule has 0 aromatic heterocycles. The average Bonchev–Trinajstić information content (AvgIpc) is 3.04. The van der Waals surface area contributed by atoms with Gasteiger partial charge in [0.2, 0.25) is 0 Å². The second kappa shape index (κ2) is 16.1. The number of hydrogen-bond donors (Lipinski definition) is 1. The van der Waals surface area contributed by atoms with Gasteiger partial charge in [-0.1, -0.05) is 91.0 Å². The van der Waals surface area contributed by atoms with Crippen molar-refractivity contribution in [1.82, 2.24) is 0 Å². The van der Waals surface area contributed by atoms with Crippen LogP contribution in [-0.2, 0) is 57.7 Å². The molecule has 0 spiro atoms. The predicted octanol–water partition coefficient (Wildman–Crippen LogP) is 4.52. The molecule has 0 saturated carbocycles. The quantitative estimate of drug-likeness (QED) is 0.245. The third kappa shape index (κ3) is 9.70. The second-order valence-corrected chi connectivity index (χ2v) is 9.32. The molecule has 0 unspecified atom stereocenters. The summed E-state index contributed by atoms with van der Waals surface area (Å²) in [6.07, 6.45) is -10.6. The van der Waals surface area contributed by atoms with Crippen molar-refractivity contribution in [2.45, 2.75) is 50.5 Å². The van der Waals surface area contributed by atoms with E-state index in [0.29, 0.717) is 11.1 Å². The van der Waals surface area contributed by atoms with Gasteiger partial charge in [-0.2, -0.15) is 0 Å². The fourth-order valence-electron chi connectivity index (χ4n) is 4.11. The zero-order chi connectivity index (χ0) is 30.4. The summed E-state index contributed by atoms with van der Waals surface area (Å²) in [6.45, 7) is -0.746. The van der Waals surface area contributed by atoms with Crippen LogP contribution in [0.1, 0.15) is 16.7 Å². The molecule has 0 aliphatic carbocycles. The number of aliphatic hydroxyl groups excluding tert-OH is 1. The molecule has 1 N–H and O–H groups in total. The van der Waals surface area contributed by atoms with Gasteiger partial charge in [0.25, 0.3) is 0 Å². The Kier molecular flexibility index (Phi) is 11.7. The molecule has 5 atom stereocenters. The van der Waals surface area contributed by atoms with Crippen LogP contribution in [0, 0.1) is 0 Å². The van der Waals surface area contributed by atoms with Crippen molar-refractivity contribution in [3.8, 4) is 0 Å². The average molecular weight is 597 g/mol. The zero-order valence-corrected chi connectivity index (χ0v) is 23.3. The van der Waals surface area contributed by atoms with Crippen LogP contribution < -0.4 is 0 Å². The highest BCUT2D eigenvalue weighted by Crippen LogP contribution is 2.28. The number of methoxy groups -OCH3 is 1. The summed E-state index contributed by atoms with van der Waals surface area (Å²) < 4.78 is 42.4. The lowest BCUT2D eigenvalue weighted by Crippen LogP contribution is -2.61. The topological polar surface area (TPSA) is 145 Å². The van der Waals surface area contributed by atoms with Crippen LogP contribution in [0.3, 0.4) is 0 Å². The summed E-state index contributed by atoms with van der Waals surface area (Å²) in [5, 5.41) is 11.1. The van der Waals surface area contributed by atoms with Gasteiger partial charge in [-0.3, -0.25) is 0 Å². The molecule has 0 amide bonds. The highest BCUT2D eigenvalue weighted by atomic mass is 16.8. The van der Waals surface area contributed by atoms with Gasteiger partial charge in [-0.05, 0) is 16.7 Å². The van der Waals surface area contributed by atoms with Crippen molar-refractivity contribution in [2.24, 2.45) is 0 Å². The van der Waals surface area contributed by atoms with E-state index in [1.165, 1.54) is 7.11 Å². The summed E-state index contributed by atoms with van der Waals surface area (Å²) in [6, 6.07) is 26.7. The molecule has 1 saturated heterocycles. The Morgan fingerprint density at radius 3 is 1.49 bits per heavy atom. The smallest absolute Gasteiger partial charge is 0.431 e. The van der Waals surface area contributed by atoms with Gasteiger partial charge in [-0.25, -0.2) is 14.4 Å². The molecular weight excluding hydrogens is 564 g/mol. The predicted molar refractivity (Wildman–Crippen MR) is 147 cm³/mol. The summed E-state index contributed by atoms with van der Waals surface area (Å²) in [4.78, 5) is 37.4. The fraction of sp³-hybridized carbons (Fsp3) is 0.323. The third-order valence-corrected chi connectivity index (χ3v) is 6.28. The molecule has 4 rings (SSSR count). The van der Waals surface area contributed by atoms with E-state index in [0.717, 1.165) is 5.56 Å². The number of carbonyl (C=O) groups excluding carboxylic acids is 3. The summed E-state index contributed by atoms with van der Waals surface area (Å²) in [7, 11) is 1.25. The van der Waals surface area contributed by atoms with Crippen LogP contribution in [0.4, 0.5) is 14.4 Å². The molecule has 1 aliphatic heterocycles. The van der Waals surface area contributed by atoms with Crippen molar-refractivity contribution in [3.05, 3.63) is 108 Å². The van der Waals surface area contributed by atoms with Crippen molar-refractivity contribution in [2.75, 3.05) is 13.7 Å². The fourth-order valence-corrected chi connectivity index (χ4v) is 4.11. The molecule has 1 heterocycles. The van der Waals surface area contributed by atoms with Gasteiger partial charge < -0.3 is 43.0 Å². The first kappa shape index (κ1) is 31.3. The van der Waals surface area contributed by atoms with E-state index in [9.17, 15) is 19.5 Å². The first-order chi connectivity index (χ1) is 20.9. The van der Waals surface area contributed by atoms with Crippen molar-refractivity contribution in [3.63, 3.8) is 0 Å². The Hall–Kier alpha value is -4.65. The standard InChI is InChI=1S/C31H32O12/c1-36-28-27(43-31(35)39-19-23-15-9-4-10-16-23)26(42-30(34)38-18-22-13-7-3-8-14-22)25(32)24(41-28)20-40-29(33)37-17-21-11-5-2-6-12-21/h2-16,24-28,32H,17-20H2,1H3/t24-,25-,26+,27+,28+/m1/s1. The molecule has 43 heavy (non-hydrogen) atoms. The molecule has 1 aliphatic rings. The van der Waals surface area contributed by atoms with Crippen LogP contribution >= 0.6 is 0 Å². The summed E-state index contributed by atoms with van der Waals surface area (Å²) in [5.74, 6) is 0. The lowest BCUT2D eigenvalue weighted by atomic mass is 9.99. The second-order valence-electron chi connectivity index (χ2n) is 9.32. The SMILES string of the molecule is CO[C@H]1O[C@H](COC(=O)OCc2ccccc2)[C@@H](O)[C@H](OC(=O)OCc2ccccc2)[C@@H]1OC(=O)OCc1ccccc1. The molecule has 3 aromatic carbocycles. The maximum atomic E-state index is 12.6. The number of ether oxygens (including phenoxy) is 8. The number of aliphatic hydroxyl groups is 1. The number of hydrogen-bond acceptors (Lipinski definition) is 12. The number of carbonyl (C=O) groups is 3. The van der Waals surface area contributed by atoms with Gasteiger partial charge in [0.05, 0.1) is 0 Å². The zero-order valence-electron chi connectivity index (χ0n) is 23.3. The molecule has 228 valence electrons. The van der Waals surface area contributed by atoms with E-state index in [4.69, 9.17) is 37.9 Å². The van der Waals surface area contributed by atoms with E-state index in [1.54, 1.807) is 72.8 Å². The Morgan fingerprint density at radius 2 is 1.05 bits per heavy atom. The van der Waals surface area contributed by atoms with Gasteiger partial charge >= 0.3 is 18.5 Å². The van der Waals surface area contributed by atoms with Crippen molar-refractivity contribution in [1.29, 1.82) is 0 Å². The monoisotopic (exact) mass is 596 g/mol. The summed E-state index contributed by atoms with van der Waals surface area (Å²) in [5.41, 5.74) is 2.14. The minimum absolute atomic E-state index is 0.0333. The maximum absolute atomic E-state index is 12.6.